The Morgan fingerprint density at radius 1 is 1.15 bits per heavy atom. The summed E-state index contributed by atoms with van der Waals surface area (Å²) in [6.45, 7) is 3.90. The first-order chi connectivity index (χ1) is 12.6. The monoisotopic (exact) mass is 418 g/mol. The molecular formula is C19H19BrN2O4. The summed E-state index contributed by atoms with van der Waals surface area (Å²) in [5, 5.41) is 3.99. The predicted molar refractivity (Wildman–Crippen MR) is 104 cm³/mol. The molecule has 7 heteroatoms. The quantitative estimate of drug-likeness (QED) is 0.402. The molecule has 26 heavy (non-hydrogen) atoms. The normalized spacial score (nSPS) is 10.4. The highest BCUT2D eigenvalue weighted by Gasteiger charge is 2.12. The molecular weight excluding hydrogens is 400 g/mol. The van der Waals surface area contributed by atoms with E-state index in [0.717, 1.165) is 10.0 Å². The van der Waals surface area contributed by atoms with Crippen LogP contribution in [0.2, 0.25) is 0 Å². The SMILES string of the molecule is C=CCOc1ccc(Br)cc1C(=O)NN=Cc1ccc(OC)c(OC)c1. The lowest BCUT2D eigenvalue weighted by Crippen LogP contribution is -2.19. The number of hydrogen-bond donors (Lipinski definition) is 1. The van der Waals surface area contributed by atoms with Gasteiger partial charge in [0.15, 0.2) is 11.5 Å². The maximum atomic E-state index is 12.4. The Bertz CT molecular complexity index is 821. The van der Waals surface area contributed by atoms with Gasteiger partial charge in [0.25, 0.3) is 5.91 Å². The largest absolute Gasteiger partial charge is 0.493 e. The summed E-state index contributed by atoms with van der Waals surface area (Å²) in [5.41, 5.74) is 3.61. The Balaban J connectivity index is 2.12. The van der Waals surface area contributed by atoms with Crippen LogP contribution in [0.5, 0.6) is 17.2 Å². The first-order valence-corrected chi connectivity index (χ1v) is 8.47. The van der Waals surface area contributed by atoms with Gasteiger partial charge in [-0.1, -0.05) is 28.6 Å². The third-order valence-electron chi connectivity index (χ3n) is 3.33. The summed E-state index contributed by atoms with van der Waals surface area (Å²) in [7, 11) is 3.12. The van der Waals surface area contributed by atoms with Crippen LogP contribution < -0.4 is 19.6 Å². The molecule has 6 nitrogen and oxygen atoms in total. The zero-order valence-electron chi connectivity index (χ0n) is 14.5. The molecule has 0 spiro atoms. The van der Waals surface area contributed by atoms with E-state index in [1.165, 1.54) is 6.21 Å². The van der Waals surface area contributed by atoms with E-state index in [-0.39, 0.29) is 5.91 Å². The van der Waals surface area contributed by atoms with Crippen LogP contribution in [0.1, 0.15) is 15.9 Å². The Kier molecular flexibility index (Phi) is 7.23. The third-order valence-corrected chi connectivity index (χ3v) is 3.82. The number of nitrogens with one attached hydrogen (secondary N) is 1. The van der Waals surface area contributed by atoms with E-state index in [9.17, 15) is 4.79 Å². The molecule has 0 atom stereocenters. The molecule has 0 fully saturated rings. The summed E-state index contributed by atoms with van der Waals surface area (Å²) in [6, 6.07) is 10.5. The molecule has 0 heterocycles. The predicted octanol–water partition coefficient (Wildman–Crippen LogP) is 3.80. The van der Waals surface area contributed by atoms with E-state index >= 15 is 0 Å². The minimum Gasteiger partial charge on any atom is -0.493 e. The Labute approximate surface area is 160 Å². The maximum absolute atomic E-state index is 12.4. The first-order valence-electron chi connectivity index (χ1n) is 7.67. The van der Waals surface area contributed by atoms with Gasteiger partial charge in [-0.25, -0.2) is 5.43 Å². The fraction of sp³-hybridized carbons (Fsp3) is 0.158. The van der Waals surface area contributed by atoms with E-state index in [1.54, 1.807) is 56.7 Å². The summed E-state index contributed by atoms with van der Waals surface area (Å²) >= 11 is 3.35. The molecule has 0 aliphatic carbocycles. The average Bonchev–Trinajstić information content (AvgIpc) is 2.66. The summed E-state index contributed by atoms with van der Waals surface area (Å²) in [4.78, 5) is 12.4. The number of hydrogen-bond acceptors (Lipinski definition) is 5. The molecule has 1 N–H and O–H groups in total. The number of nitrogens with zero attached hydrogens (tertiary/aromatic N) is 1. The highest BCUT2D eigenvalue weighted by atomic mass is 79.9. The lowest BCUT2D eigenvalue weighted by molar-refractivity contribution is 0.0951. The van der Waals surface area contributed by atoms with Gasteiger partial charge in [-0.2, -0.15) is 5.10 Å². The topological polar surface area (TPSA) is 69.2 Å². The summed E-state index contributed by atoms with van der Waals surface area (Å²) in [5.74, 6) is 1.26. The molecule has 0 saturated carbocycles. The second-order valence-electron chi connectivity index (χ2n) is 5.05. The molecule has 0 radical (unpaired) electrons. The van der Waals surface area contributed by atoms with Gasteiger partial charge in [0.1, 0.15) is 12.4 Å². The van der Waals surface area contributed by atoms with Gasteiger partial charge < -0.3 is 14.2 Å². The second-order valence-corrected chi connectivity index (χ2v) is 5.97. The molecule has 2 rings (SSSR count). The highest BCUT2D eigenvalue weighted by molar-refractivity contribution is 9.10. The number of benzene rings is 2. The standard InChI is InChI=1S/C19H19BrN2O4/c1-4-9-26-16-8-6-14(20)11-15(16)19(23)22-21-12-13-5-7-17(24-2)18(10-13)25-3/h4-8,10-12H,1,9H2,2-3H3,(H,22,23). The van der Waals surface area contributed by atoms with Gasteiger partial charge in [0.05, 0.1) is 26.0 Å². The van der Waals surface area contributed by atoms with E-state index in [4.69, 9.17) is 14.2 Å². The molecule has 0 aromatic heterocycles. The maximum Gasteiger partial charge on any atom is 0.275 e. The van der Waals surface area contributed by atoms with E-state index in [1.807, 2.05) is 0 Å². The molecule has 0 unspecified atom stereocenters. The molecule has 0 aliphatic heterocycles. The number of amides is 1. The van der Waals surface area contributed by atoms with Crippen molar-refractivity contribution in [3.05, 3.63) is 64.7 Å². The number of carbonyl (C=O) groups excluding carboxylic acids is 1. The van der Waals surface area contributed by atoms with Gasteiger partial charge in [-0.05, 0) is 42.0 Å². The van der Waals surface area contributed by atoms with Crippen LogP contribution in [0.15, 0.2) is 58.6 Å². The van der Waals surface area contributed by atoms with E-state index in [0.29, 0.717) is 29.4 Å². The van der Waals surface area contributed by atoms with Gasteiger partial charge in [-0.3, -0.25) is 4.79 Å². The summed E-state index contributed by atoms with van der Waals surface area (Å²) < 4.78 is 16.7. The van der Waals surface area contributed by atoms with Crippen molar-refractivity contribution in [1.29, 1.82) is 0 Å². The van der Waals surface area contributed by atoms with Crippen LogP contribution in [0.3, 0.4) is 0 Å². The van der Waals surface area contributed by atoms with Crippen LogP contribution in [0, 0.1) is 0 Å². The van der Waals surface area contributed by atoms with Crippen molar-refractivity contribution in [2.24, 2.45) is 5.10 Å². The van der Waals surface area contributed by atoms with Crippen LogP contribution in [0.25, 0.3) is 0 Å². The Morgan fingerprint density at radius 3 is 2.58 bits per heavy atom. The minimum atomic E-state index is -0.387. The van der Waals surface area contributed by atoms with Crippen molar-refractivity contribution in [3.63, 3.8) is 0 Å². The molecule has 136 valence electrons. The van der Waals surface area contributed by atoms with Gasteiger partial charge in [0.2, 0.25) is 0 Å². The van der Waals surface area contributed by atoms with Crippen molar-refractivity contribution >= 4 is 28.1 Å². The van der Waals surface area contributed by atoms with E-state index in [2.05, 4.69) is 33.0 Å². The smallest absolute Gasteiger partial charge is 0.275 e. The van der Waals surface area contributed by atoms with Gasteiger partial charge in [0, 0.05) is 4.47 Å². The number of halogens is 1. The second kappa shape index (κ2) is 9.62. The minimum absolute atomic E-state index is 0.302. The van der Waals surface area contributed by atoms with Crippen LogP contribution in [-0.2, 0) is 0 Å². The Morgan fingerprint density at radius 2 is 1.88 bits per heavy atom. The molecule has 1 amide bonds. The molecule has 0 saturated heterocycles. The number of carbonyl (C=O) groups is 1. The van der Waals surface area contributed by atoms with Gasteiger partial charge >= 0.3 is 0 Å². The lowest BCUT2D eigenvalue weighted by Gasteiger charge is -2.09. The fourth-order valence-electron chi connectivity index (χ4n) is 2.11. The van der Waals surface area contributed by atoms with Crippen molar-refractivity contribution in [3.8, 4) is 17.2 Å². The third kappa shape index (κ3) is 5.10. The van der Waals surface area contributed by atoms with Crippen molar-refractivity contribution in [1.82, 2.24) is 5.43 Å². The van der Waals surface area contributed by atoms with Gasteiger partial charge in [-0.15, -0.1) is 0 Å². The molecule has 2 aromatic carbocycles. The zero-order chi connectivity index (χ0) is 18.9. The highest BCUT2D eigenvalue weighted by Crippen LogP contribution is 2.27. The van der Waals surface area contributed by atoms with Crippen LogP contribution >= 0.6 is 15.9 Å². The lowest BCUT2D eigenvalue weighted by atomic mass is 10.2. The molecule has 2 aromatic rings. The van der Waals surface area contributed by atoms with Crippen molar-refractivity contribution in [2.45, 2.75) is 0 Å². The number of methoxy groups -OCH3 is 2. The Hall–Kier alpha value is -2.80. The average molecular weight is 419 g/mol. The summed E-state index contributed by atoms with van der Waals surface area (Å²) in [6.07, 6.45) is 3.13. The first kappa shape index (κ1) is 19.5. The number of rotatable bonds is 8. The fourth-order valence-corrected chi connectivity index (χ4v) is 2.47. The number of hydrazone groups is 1. The number of ether oxygens (including phenoxy) is 3. The van der Waals surface area contributed by atoms with E-state index < -0.39 is 0 Å². The van der Waals surface area contributed by atoms with Crippen LogP contribution in [-0.4, -0.2) is 32.9 Å². The van der Waals surface area contributed by atoms with Crippen molar-refractivity contribution in [2.75, 3.05) is 20.8 Å². The van der Waals surface area contributed by atoms with Crippen molar-refractivity contribution < 1.29 is 19.0 Å². The zero-order valence-corrected chi connectivity index (χ0v) is 16.1. The molecule has 0 aliphatic rings. The molecule has 0 bridgehead atoms. The van der Waals surface area contributed by atoms with Crippen LogP contribution in [0.4, 0.5) is 0 Å².